The first-order valence-electron chi connectivity index (χ1n) is 13.3. The van der Waals surface area contributed by atoms with Gasteiger partial charge >= 0.3 is 0 Å². The first kappa shape index (κ1) is 25.7. The van der Waals surface area contributed by atoms with E-state index in [2.05, 4.69) is 62.1 Å². The van der Waals surface area contributed by atoms with E-state index in [-0.39, 0.29) is 23.8 Å². The highest BCUT2D eigenvalue weighted by Crippen LogP contribution is 2.24. The molecule has 4 N–H and O–H groups in total. The molecular formula is C29H35N7O2. The van der Waals surface area contributed by atoms with Gasteiger partial charge in [0.25, 0.3) is 0 Å². The Hall–Kier alpha value is -3.98. The molecule has 1 saturated heterocycles. The molecule has 3 heterocycles. The zero-order valence-electron chi connectivity index (χ0n) is 21.9. The molecule has 0 saturated carbocycles. The number of nitrogens with one attached hydrogen (secondary N) is 4. The molecule has 5 rings (SSSR count). The third-order valence-electron chi connectivity index (χ3n) is 6.92. The quantitative estimate of drug-likeness (QED) is 0.408. The smallest absolute Gasteiger partial charge is 0.242 e. The summed E-state index contributed by atoms with van der Waals surface area (Å²) < 4.78 is 0. The summed E-state index contributed by atoms with van der Waals surface area (Å²) in [4.78, 5) is 37.6. The van der Waals surface area contributed by atoms with Crippen LogP contribution in [0.2, 0.25) is 0 Å². The van der Waals surface area contributed by atoms with Crippen molar-refractivity contribution < 1.29 is 9.59 Å². The number of nitrogens with zero attached hydrogens (tertiary/aromatic N) is 3. The van der Waals surface area contributed by atoms with E-state index in [9.17, 15) is 9.59 Å². The average molecular weight is 514 g/mol. The molecule has 38 heavy (non-hydrogen) atoms. The van der Waals surface area contributed by atoms with Crippen LogP contribution in [0.15, 0.2) is 60.9 Å². The second-order valence-corrected chi connectivity index (χ2v) is 10.5. The molecule has 0 aliphatic carbocycles. The van der Waals surface area contributed by atoms with Crippen LogP contribution in [-0.4, -0.2) is 45.3 Å². The zero-order valence-corrected chi connectivity index (χ0v) is 21.9. The molecule has 2 amide bonds. The summed E-state index contributed by atoms with van der Waals surface area (Å²) >= 11 is 0. The van der Waals surface area contributed by atoms with Crippen molar-refractivity contribution in [2.75, 3.05) is 17.2 Å². The van der Waals surface area contributed by atoms with Crippen LogP contribution < -0.4 is 21.3 Å². The fourth-order valence-electron chi connectivity index (χ4n) is 5.13. The summed E-state index contributed by atoms with van der Waals surface area (Å²) in [5.74, 6) is 1.35. The minimum absolute atomic E-state index is 0.0771. The van der Waals surface area contributed by atoms with Crippen molar-refractivity contribution in [2.24, 2.45) is 5.92 Å². The van der Waals surface area contributed by atoms with Gasteiger partial charge in [0, 0.05) is 30.5 Å². The lowest BCUT2D eigenvalue weighted by atomic mass is 10.0. The molecular weight excluding hydrogens is 478 g/mol. The number of rotatable bonds is 2. The Morgan fingerprint density at radius 2 is 1.61 bits per heavy atom. The molecule has 198 valence electrons. The molecule has 9 nitrogen and oxygen atoms in total. The number of fused-ring (bicyclic) bond motifs is 7. The Morgan fingerprint density at radius 3 is 2.32 bits per heavy atom. The third-order valence-corrected chi connectivity index (χ3v) is 6.92. The minimum atomic E-state index is -0.580. The van der Waals surface area contributed by atoms with Crippen molar-refractivity contribution in [3.05, 3.63) is 72.1 Å². The average Bonchev–Trinajstić information content (AvgIpc) is 3.35. The maximum Gasteiger partial charge on any atom is 0.242 e. The standard InChI is InChI=1S/C29H35N7O2/c1-19(2)12-24-28(37)30-16-20-6-3-8-22(13-20)33-26-15-27(32-18-31-26)34-23-9-4-7-21(14-23)17-36-11-5-10-25(36)29(38)35-24/h3-4,6-9,13-15,18-19,24-25H,5,10-12,16-17H2,1-2H3,(H,30,37)(H,35,38)(H2,31,32,33,34)/t24-,25-/m0/s1. The van der Waals surface area contributed by atoms with Crippen LogP contribution in [0.4, 0.5) is 23.0 Å². The lowest BCUT2D eigenvalue weighted by molar-refractivity contribution is -0.132. The van der Waals surface area contributed by atoms with E-state index < -0.39 is 6.04 Å². The van der Waals surface area contributed by atoms with Crippen molar-refractivity contribution in [3.8, 4) is 0 Å². The number of anilines is 4. The highest BCUT2D eigenvalue weighted by molar-refractivity contribution is 5.90. The van der Waals surface area contributed by atoms with Crippen molar-refractivity contribution in [2.45, 2.75) is 58.3 Å². The van der Waals surface area contributed by atoms with Crippen LogP contribution in [-0.2, 0) is 22.7 Å². The van der Waals surface area contributed by atoms with Crippen molar-refractivity contribution in [1.29, 1.82) is 0 Å². The van der Waals surface area contributed by atoms with Crippen LogP contribution in [0.5, 0.6) is 0 Å². The predicted molar refractivity (Wildman–Crippen MR) is 148 cm³/mol. The predicted octanol–water partition coefficient (Wildman–Crippen LogP) is 4.09. The van der Waals surface area contributed by atoms with Gasteiger partial charge in [-0.05, 0) is 67.1 Å². The molecule has 9 heteroatoms. The molecule has 0 unspecified atom stereocenters. The normalized spacial score (nSPS) is 20.5. The zero-order chi connectivity index (χ0) is 26.5. The van der Waals surface area contributed by atoms with Gasteiger partial charge in [-0.3, -0.25) is 14.5 Å². The molecule has 3 aromatic rings. The van der Waals surface area contributed by atoms with Gasteiger partial charge < -0.3 is 21.3 Å². The molecule has 0 spiro atoms. The summed E-state index contributed by atoms with van der Waals surface area (Å²) in [6, 6.07) is 17.0. The number of aromatic nitrogens is 2. The van der Waals surface area contributed by atoms with Crippen molar-refractivity contribution in [1.82, 2.24) is 25.5 Å². The van der Waals surface area contributed by atoms with E-state index in [1.54, 1.807) is 0 Å². The molecule has 2 atom stereocenters. The second kappa shape index (κ2) is 11.6. The van der Waals surface area contributed by atoms with E-state index in [1.807, 2.05) is 42.5 Å². The monoisotopic (exact) mass is 513 g/mol. The van der Waals surface area contributed by atoms with Crippen LogP contribution in [0, 0.1) is 5.92 Å². The highest BCUT2D eigenvalue weighted by Gasteiger charge is 2.33. The van der Waals surface area contributed by atoms with Gasteiger partial charge in [0.2, 0.25) is 11.8 Å². The van der Waals surface area contributed by atoms with Gasteiger partial charge in [0.05, 0.1) is 6.04 Å². The Kier molecular flexibility index (Phi) is 7.83. The largest absolute Gasteiger partial charge is 0.350 e. The molecule has 6 bridgehead atoms. The number of benzene rings is 2. The Bertz CT molecular complexity index is 1300. The maximum atomic E-state index is 13.4. The minimum Gasteiger partial charge on any atom is -0.350 e. The van der Waals surface area contributed by atoms with E-state index in [0.29, 0.717) is 31.1 Å². The fraction of sp³-hybridized carbons (Fsp3) is 0.379. The molecule has 0 radical (unpaired) electrons. The first-order valence-corrected chi connectivity index (χ1v) is 13.3. The Morgan fingerprint density at radius 1 is 0.921 bits per heavy atom. The number of hydrogen-bond donors (Lipinski definition) is 4. The third kappa shape index (κ3) is 6.47. The summed E-state index contributed by atoms with van der Waals surface area (Å²) in [6.07, 6.45) is 3.83. The van der Waals surface area contributed by atoms with Gasteiger partial charge in [-0.2, -0.15) is 0 Å². The van der Waals surface area contributed by atoms with E-state index in [1.165, 1.54) is 6.33 Å². The van der Waals surface area contributed by atoms with Gasteiger partial charge in [0.15, 0.2) is 0 Å². The van der Waals surface area contributed by atoms with Crippen molar-refractivity contribution in [3.63, 3.8) is 0 Å². The maximum absolute atomic E-state index is 13.4. The molecule has 2 aliphatic rings. The van der Waals surface area contributed by atoms with E-state index >= 15 is 0 Å². The first-order chi connectivity index (χ1) is 18.4. The summed E-state index contributed by atoms with van der Waals surface area (Å²) in [5, 5.41) is 12.8. The van der Waals surface area contributed by atoms with Gasteiger partial charge in [0.1, 0.15) is 24.0 Å². The summed E-state index contributed by atoms with van der Waals surface area (Å²) in [6.45, 7) is 5.98. The Labute approximate surface area is 223 Å². The van der Waals surface area contributed by atoms with Crippen LogP contribution in [0.25, 0.3) is 0 Å². The second-order valence-electron chi connectivity index (χ2n) is 10.5. The van der Waals surface area contributed by atoms with Gasteiger partial charge in [-0.15, -0.1) is 0 Å². The van der Waals surface area contributed by atoms with E-state index in [0.717, 1.165) is 41.9 Å². The molecule has 2 aliphatic heterocycles. The van der Waals surface area contributed by atoms with Crippen molar-refractivity contribution >= 4 is 34.8 Å². The van der Waals surface area contributed by atoms with Crippen LogP contribution >= 0.6 is 0 Å². The lowest BCUT2D eigenvalue weighted by Crippen LogP contribution is -2.52. The van der Waals surface area contributed by atoms with Gasteiger partial charge in [-0.1, -0.05) is 38.1 Å². The number of carbonyl (C=O) groups is 2. The number of amides is 2. The highest BCUT2D eigenvalue weighted by atomic mass is 16.2. The number of carbonyl (C=O) groups excluding carboxylic acids is 2. The Balaban J connectivity index is 1.46. The van der Waals surface area contributed by atoms with Gasteiger partial charge in [-0.25, -0.2) is 9.97 Å². The van der Waals surface area contributed by atoms with Crippen LogP contribution in [0.1, 0.15) is 44.2 Å². The number of hydrogen-bond acceptors (Lipinski definition) is 7. The lowest BCUT2D eigenvalue weighted by Gasteiger charge is -2.27. The fourth-order valence-corrected chi connectivity index (χ4v) is 5.13. The molecule has 1 fully saturated rings. The summed E-state index contributed by atoms with van der Waals surface area (Å²) in [5.41, 5.74) is 3.81. The topological polar surface area (TPSA) is 111 Å². The molecule has 1 aromatic heterocycles. The van der Waals surface area contributed by atoms with Crippen LogP contribution in [0.3, 0.4) is 0 Å². The summed E-state index contributed by atoms with van der Waals surface area (Å²) in [7, 11) is 0. The SMILES string of the molecule is CC(C)C[C@@H]1NC(=O)[C@@H]2CCCN2Cc2cccc(c2)Nc2cc(ncn2)Nc2cccc(c2)CNC1=O. The molecule has 2 aromatic carbocycles. The van der Waals surface area contributed by atoms with E-state index in [4.69, 9.17) is 0 Å².